The number of unbranched alkanes of at least 4 members (excludes halogenated alkanes) is 5. The van der Waals surface area contributed by atoms with E-state index in [1.807, 2.05) is 26.0 Å². The van der Waals surface area contributed by atoms with Gasteiger partial charge in [0.15, 0.2) is 0 Å². The minimum Gasteiger partial charge on any atom is -0.507 e. The number of phenolic OH excluding ortho intramolecular Hbond substituents is 1. The zero-order valence-corrected chi connectivity index (χ0v) is 14.0. The van der Waals surface area contributed by atoms with Crippen LogP contribution in [0.1, 0.15) is 62.1 Å². The predicted molar refractivity (Wildman–Crippen MR) is 90.9 cm³/mol. The topological polar surface area (TPSA) is 46.5 Å². The fourth-order valence-corrected chi connectivity index (χ4v) is 2.35. The molecule has 1 aromatic rings. The molecule has 0 atom stereocenters. The third-order valence-electron chi connectivity index (χ3n) is 3.67. The fraction of sp³-hybridized carbons (Fsp3) is 0.526. The molecule has 0 aliphatic carbocycles. The summed E-state index contributed by atoms with van der Waals surface area (Å²) in [6.45, 7) is 6.38. The summed E-state index contributed by atoms with van der Waals surface area (Å²) in [6.07, 6.45) is 10.2. The molecule has 0 bridgehead atoms. The fourth-order valence-electron chi connectivity index (χ4n) is 2.35. The lowest BCUT2D eigenvalue weighted by Crippen LogP contribution is -2.02. The monoisotopic (exact) mass is 304 g/mol. The van der Waals surface area contributed by atoms with Crippen molar-refractivity contribution in [3.63, 3.8) is 0 Å². The molecule has 22 heavy (non-hydrogen) atoms. The number of phenols is 1. The second kappa shape index (κ2) is 10.0. The van der Waals surface area contributed by atoms with Crippen LogP contribution in [0.4, 0.5) is 0 Å². The van der Waals surface area contributed by atoms with Gasteiger partial charge in [-0.2, -0.15) is 0 Å². The van der Waals surface area contributed by atoms with E-state index >= 15 is 0 Å². The lowest BCUT2D eigenvalue weighted by molar-refractivity contribution is -0.137. The van der Waals surface area contributed by atoms with Crippen LogP contribution in [0.15, 0.2) is 18.2 Å². The first-order valence-corrected chi connectivity index (χ1v) is 8.19. The zero-order valence-electron chi connectivity index (χ0n) is 14.0. The van der Waals surface area contributed by atoms with Crippen LogP contribution < -0.4 is 0 Å². The third-order valence-corrected chi connectivity index (χ3v) is 3.67. The van der Waals surface area contributed by atoms with Crippen molar-refractivity contribution < 1.29 is 14.6 Å². The van der Waals surface area contributed by atoms with E-state index in [0.29, 0.717) is 12.4 Å². The maximum atomic E-state index is 11.6. The Hall–Kier alpha value is -1.77. The van der Waals surface area contributed by atoms with Crippen LogP contribution in [0.25, 0.3) is 6.08 Å². The number of aryl methyl sites for hydroxylation is 2. The second-order valence-electron chi connectivity index (χ2n) is 5.77. The number of carbonyl (C=O) groups is 1. The molecule has 1 rings (SSSR count). The summed E-state index contributed by atoms with van der Waals surface area (Å²) in [5.41, 5.74) is 2.50. The Morgan fingerprint density at radius 3 is 2.32 bits per heavy atom. The molecule has 1 aromatic carbocycles. The average Bonchev–Trinajstić information content (AvgIpc) is 2.49. The molecule has 0 amide bonds. The van der Waals surface area contributed by atoms with E-state index in [-0.39, 0.29) is 5.97 Å². The summed E-state index contributed by atoms with van der Waals surface area (Å²) >= 11 is 0. The van der Waals surface area contributed by atoms with Crippen molar-refractivity contribution in [2.75, 3.05) is 6.61 Å². The standard InChI is InChI=1S/C19H28O3/c1-4-5-6-7-8-9-12-22-18(20)11-10-17-13-15(2)19(21)16(3)14-17/h10-11,13-14,21H,4-9,12H2,1-3H3. The number of hydrogen-bond acceptors (Lipinski definition) is 3. The predicted octanol–water partition coefficient (Wildman–Crippen LogP) is 4.93. The van der Waals surface area contributed by atoms with Crippen LogP contribution in [0, 0.1) is 13.8 Å². The van der Waals surface area contributed by atoms with Crippen LogP contribution in [-0.2, 0) is 9.53 Å². The number of rotatable bonds is 9. The molecule has 0 heterocycles. The third kappa shape index (κ3) is 6.79. The molecule has 1 N–H and O–H groups in total. The quantitative estimate of drug-likeness (QED) is 0.400. The van der Waals surface area contributed by atoms with Crippen molar-refractivity contribution in [2.24, 2.45) is 0 Å². The highest BCUT2D eigenvalue weighted by Gasteiger charge is 2.02. The van der Waals surface area contributed by atoms with Gasteiger partial charge in [-0.3, -0.25) is 0 Å². The summed E-state index contributed by atoms with van der Waals surface area (Å²) in [4.78, 5) is 11.6. The molecule has 0 fully saturated rings. The molecule has 0 aromatic heterocycles. The Kier molecular flexibility index (Phi) is 8.34. The maximum Gasteiger partial charge on any atom is 0.330 e. The van der Waals surface area contributed by atoms with E-state index in [9.17, 15) is 9.90 Å². The number of carbonyl (C=O) groups excluding carboxylic acids is 1. The number of hydrogen-bond donors (Lipinski definition) is 1. The minimum atomic E-state index is -0.308. The molecule has 3 heteroatoms. The number of benzene rings is 1. The van der Waals surface area contributed by atoms with Crippen molar-refractivity contribution in [1.82, 2.24) is 0 Å². The molecule has 0 aliphatic rings. The van der Waals surface area contributed by atoms with Crippen molar-refractivity contribution in [3.8, 4) is 5.75 Å². The van der Waals surface area contributed by atoms with E-state index in [2.05, 4.69) is 6.92 Å². The molecule has 122 valence electrons. The number of aromatic hydroxyl groups is 1. The normalized spacial score (nSPS) is 11.0. The Labute approximate surface area is 134 Å². The first-order valence-electron chi connectivity index (χ1n) is 8.19. The average molecular weight is 304 g/mol. The van der Waals surface area contributed by atoms with Crippen molar-refractivity contribution in [2.45, 2.75) is 59.3 Å². The maximum absolute atomic E-state index is 11.6. The Balaban J connectivity index is 2.30. The molecule has 0 saturated carbocycles. The summed E-state index contributed by atoms with van der Waals surface area (Å²) < 4.78 is 5.18. The van der Waals surface area contributed by atoms with Crippen LogP contribution in [0.5, 0.6) is 5.75 Å². The highest BCUT2D eigenvalue weighted by atomic mass is 16.5. The SMILES string of the molecule is CCCCCCCCOC(=O)C=Cc1cc(C)c(O)c(C)c1. The Morgan fingerprint density at radius 1 is 1.09 bits per heavy atom. The summed E-state index contributed by atoms with van der Waals surface area (Å²) in [5, 5.41) is 9.71. The van der Waals surface area contributed by atoms with Crippen molar-refractivity contribution >= 4 is 12.0 Å². The molecular formula is C19H28O3. The molecule has 0 saturated heterocycles. The molecular weight excluding hydrogens is 276 g/mol. The molecule has 0 spiro atoms. The van der Waals surface area contributed by atoms with Crippen LogP contribution in [0.3, 0.4) is 0 Å². The highest BCUT2D eigenvalue weighted by Crippen LogP contribution is 2.23. The molecule has 0 aliphatic heterocycles. The first kappa shape index (κ1) is 18.3. The summed E-state index contributed by atoms with van der Waals surface area (Å²) in [7, 11) is 0. The van der Waals surface area contributed by atoms with Gasteiger partial charge in [-0.1, -0.05) is 39.0 Å². The van der Waals surface area contributed by atoms with Gasteiger partial charge < -0.3 is 9.84 Å². The molecule has 0 unspecified atom stereocenters. The first-order chi connectivity index (χ1) is 10.5. The highest BCUT2D eigenvalue weighted by molar-refractivity contribution is 5.87. The van der Waals surface area contributed by atoms with Gasteiger partial charge in [-0.15, -0.1) is 0 Å². The second-order valence-corrected chi connectivity index (χ2v) is 5.77. The molecule has 0 radical (unpaired) electrons. The van der Waals surface area contributed by atoms with Gasteiger partial charge >= 0.3 is 5.97 Å². The minimum absolute atomic E-state index is 0.308. The van der Waals surface area contributed by atoms with E-state index in [1.165, 1.54) is 31.8 Å². The van der Waals surface area contributed by atoms with Crippen molar-refractivity contribution in [1.29, 1.82) is 0 Å². The lowest BCUT2D eigenvalue weighted by Gasteiger charge is -2.05. The Morgan fingerprint density at radius 2 is 1.68 bits per heavy atom. The van der Waals surface area contributed by atoms with Crippen LogP contribution >= 0.6 is 0 Å². The molecule has 3 nitrogen and oxygen atoms in total. The van der Waals surface area contributed by atoms with Crippen molar-refractivity contribution in [3.05, 3.63) is 34.9 Å². The summed E-state index contributed by atoms with van der Waals surface area (Å²) in [5.74, 6) is -0.000242. The number of ether oxygens (including phenoxy) is 1. The smallest absolute Gasteiger partial charge is 0.330 e. The van der Waals surface area contributed by atoms with Gasteiger partial charge in [0.05, 0.1) is 6.61 Å². The van der Waals surface area contributed by atoms with E-state index in [0.717, 1.165) is 29.5 Å². The Bertz CT molecular complexity index is 480. The lowest BCUT2D eigenvalue weighted by atomic mass is 10.1. The van der Waals surface area contributed by atoms with Gasteiger partial charge in [-0.05, 0) is 55.2 Å². The van der Waals surface area contributed by atoms with Crippen LogP contribution in [0.2, 0.25) is 0 Å². The van der Waals surface area contributed by atoms with Gasteiger partial charge in [0, 0.05) is 6.08 Å². The van der Waals surface area contributed by atoms with E-state index in [4.69, 9.17) is 4.74 Å². The van der Waals surface area contributed by atoms with Gasteiger partial charge in [0.1, 0.15) is 5.75 Å². The van der Waals surface area contributed by atoms with Gasteiger partial charge in [0.25, 0.3) is 0 Å². The van der Waals surface area contributed by atoms with E-state index < -0.39 is 0 Å². The van der Waals surface area contributed by atoms with Gasteiger partial charge in [0.2, 0.25) is 0 Å². The van der Waals surface area contributed by atoms with Crippen LogP contribution in [-0.4, -0.2) is 17.7 Å². The van der Waals surface area contributed by atoms with Gasteiger partial charge in [-0.25, -0.2) is 4.79 Å². The number of esters is 1. The summed E-state index contributed by atoms with van der Waals surface area (Å²) in [6, 6.07) is 3.69. The largest absolute Gasteiger partial charge is 0.507 e. The zero-order chi connectivity index (χ0) is 16.4. The van der Waals surface area contributed by atoms with E-state index in [1.54, 1.807) is 6.08 Å².